The summed E-state index contributed by atoms with van der Waals surface area (Å²) in [6.45, 7) is 0.467. The molecule has 0 bridgehead atoms. The molecule has 1 amide bonds. The third-order valence-corrected chi connectivity index (χ3v) is 3.32. The van der Waals surface area contributed by atoms with Crippen LogP contribution in [0.15, 0.2) is 53.7 Å². The van der Waals surface area contributed by atoms with Crippen molar-refractivity contribution in [1.82, 2.24) is 19.9 Å². The summed E-state index contributed by atoms with van der Waals surface area (Å²) in [6, 6.07) is 8.91. The fourth-order valence-electron chi connectivity index (χ4n) is 2.17. The monoisotopic (exact) mass is 312 g/mol. The van der Waals surface area contributed by atoms with Crippen molar-refractivity contribution in [3.63, 3.8) is 0 Å². The molecule has 23 heavy (non-hydrogen) atoms. The molecule has 0 radical (unpaired) electrons. The highest BCUT2D eigenvalue weighted by Crippen LogP contribution is 2.08. The van der Waals surface area contributed by atoms with E-state index in [0.29, 0.717) is 11.2 Å². The molecule has 0 saturated heterocycles. The molecule has 3 aromatic rings. The van der Waals surface area contributed by atoms with Gasteiger partial charge in [0, 0.05) is 19.3 Å². The Kier molecular flexibility index (Phi) is 4.09. The molecule has 0 unspecified atom stereocenters. The van der Waals surface area contributed by atoms with E-state index in [2.05, 4.69) is 15.3 Å². The lowest BCUT2D eigenvalue weighted by atomic mass is 10.2. The van der Waals surface area contributed by atoms with Crippen molar-refractivity contribution >= 4 is 16.8 Å². The van der Waals surface area contributed by atoms with Crippen LogP contribution in [0.25, 0.3) is 10.9 Å². The molecule has 0 saturated carbocycles. The zero-order valence-corrected chi connectivity index (χ0v) is 12.1. The second kappa shape index (κ2) is 6.35. The molecule has 1 aromatic carbocycles. The molecule has 0 atom stereocenters. The Labute approximate surface area is 130 Å². The van der Waals surface area contributed by atoms with Crippen LogP contribution in [0.2, 0.25) is 0 Å². The number of rotatable bonds is 4. The number of carbonyl (C=O) groups excluding carboxylic acids is 1. The van der Waals surface area contributed by atoms with E-state index in [1.54, 1.807) is 18.2 Å². The maximum absolute atomic E-state index is 13.3. The van der Waals surface area contributed by atoms with Crippen LogP contribution in [0.3, 0.4) is 0 Å². The van der Waals surface area contributed by atoms with Gasteiger partial charge in [0.25, 0.3) is 11.5 Å². The number of hydrogen-bond donors (Lipinski definition) is 1. The van der Waals surface area contributed by atoms with Gasteiger partial charge in [-0.15, -0.1) is 0 Å². The van der Waals surface area contributed by atoms with Crippen molar-refractivity contribution in [2.24, 2.45) is 0 Å². The molecule has 3 rings (SSSR count). The lowest BCUT2D eigenvalue weighted by Gasteiger charge is -2.08. The number of nitrogens with one attached hydrogen (secondary N) is 1. The van der Waals surface area contributed by atoms with Crippen LogP contribution in [0.4, 0.5) is 4.39 Å². The van der Waals surface area contributed by atoms with Gasteiger partial charge in [0.05, 0.1) is 17.2 Å². The van der Waals surface area contributed by atoms with Crippen molar-refractivity contribution < 1.29 is 9.18 Å². The van der Waals surface area contributed by atoms with E-state index in [1.807, 2.05) is 0 Å². The summed E-state index contributed by atoms with van der Waals surface area (Å²) in [5.41, 5.74) is 0.394. The summed E-state index contributed by atoms with van der Waals surface area (Å²) in [6.07, 6.45) is 2.91. The van der Waals surface area contributed by atoms with Gasteiger partial charge in [-0.2, -0.15) is 0 Å². The molecule has 2 heterocycles. The second-order valence-electron chi connectivity index (χ2n) is 4.88. The van der Waals surface area contributed by atoms with Gasteiger partial charge < -0.3 is 5.32 Å². The van der Waals surface area contributed by atoms with Gasteiger partial charge in [-0.3, -0.25) is 19.1 Å². The Morgan fingerprint density at radius 2 is 2.09 bits per heavy atom. The fourth-order valence-corrected chi connectivity index (χ4v) is 2.17. The molecule has 0 spiro atoms. The quantitative estimate of drug-likeness (QED) is 0.789. The van der Waals surface area contributed by atoms with Gasteiger partial charge in [0.15, 0.2) is 0 Å². The zero-order chi connectivity index (χ0) is 16.2. The summed E-state index contributed by atoms with van der Waals surface area (Å²) in [4.78, 5) is 32.2. The van der Waals surface area contributed by atoms with E-state index in [-0.39, 0.29) is 29.9 Å². The summed E-state index contributed by atoms with van der Waals surface area (Å²) < 4.78 is 14.6. The van der Waals surface area contributed by atoms with Crippen LogP contribution in [-0.4, -0.2) is 27.0 Å². The number of benzene rings is 1. The third-order valence-electron chi connectivity index (χ3n) is 3.32. The number of nitrogens with zero attached hydrogens (tertiary/aromatic N) is 3. The van der Waals surface area contributed by atoms with Crippen LogP contribution in [0.5, 0.6) is 0 Å². The second-order valence-corrected chi connectivity index (χ2v) is 4.88. The Morgan fingerprint density at radius 1 is 1.22 bits per heavy atom. The fraction of sp³-hybridized carbons (Fsp3) is 0.125. The van der Waals surface area contributed by atoms with Gasteiger partial charge in [-0.05, 0) is 30.3 Å². The largest absolute Gasteiger partial charge is 0.349 e. The van der Waals surface area contributed by atoms with E-state index in [4.69, 9.17) is 0 Å². The van der Waals surface area contributed by atoms with Crippen LogP contribution >= 0.6 is 0 Å². The first-order valence-corrected chi connectivity index (χ1v) is 6.99. The average molecular weight is 312 g/mol. The lowest BCUT2D eigenvalue weighted by molar-refractivity contribution is 0.0947. The average Bonchev–Trinajstić information content (AvgIpc) is 2.58. The van der Waals surface area contributed by atoms with Crippen LogP contribution in [-0.2, 0) is 6.54 Å². The van der Waals surface area contributed by atoms with E-state index in [1.165, 1.54) is 29.2 Å². The Balaban J connectivity index is 1.71. The summed E-state index contributed by atoms with van der Waals surface area (Å²) in [7, 11) is 0. The minimum Gasteiger partial charge on any atom is -0.349 e. The molecule has 2 aromatic heterocycles. The SMILES string of the molecule is O=C(NCCn1cnc2ccc(F)cc2c1=O)c1ccccn1. The Bertz CT molecular complexity index is 909. The first-order chi connectivity index (χ1) is 11.1. The van der Waals surface area contributed by atoms with Crippen molar-refractivity contribution in [3.8, 4) is 0 Å². The van der Waals surface area contributed by atoms with Gasteiger partial charge in [-0.25, -0.2) is 9.37 Å². The van der Waals surface area contributed by atoms with Gasteiger partial charge >= 0.3 is 0 Å². The van der Waals surface area contributed by atoms with E-state index >= 15 is 0 Å². The molecule has 0 aliphatic rings. The van der Waals surface area contributed by atoms with Crippen molar-refractivity contribution in [1.29, 1.82) is 0 Å². The number of fused-ring (bicyclic) bond motifs is 1. The summed E-state index contributed by atoms with van der Waals surface area (Å²) in [5.74, 6) is -0.809. The Hall–Kier alpha value is -3.09. The molecule has 0 fully saturated rings. The maximum atomic E-state index is 13.3. The van der Waals surface area contributed by atoms with Crippen molar-refractivity contribution in [2.45, 2.75) is 6.54 Å². The molecule has 116 valence electrons. The first-order valence-electron chi connectivity index (χ1n) is 6.99. The van der Waals surface area contributed by atoms with E-state index < -0.39 is 5.82 Å². The minimum absolute atomic E-state index is 0.212. The molecule has 0 aliphatic carbocycles. The van der Waals surface area contributed by atoms with Crippen molar-refractivity contribution in [2.75, 3.05) is 6.54 Å². The molecule has 0 aliphatic heterocycles. The third kappa shape index (κ3) is 3.23. The van der Waals surface area contributed by atoms with Crippen LogP contribution in [0, 0.1) is 5.82 Å². The molecular formula is C16H13FN4O2. The number of carbonyl (C=O) groups is 1. The van der Waals surface area contributed by atoms with Crippen LogP contribution in [0.1, 0.15) is 10.5 Å². The number of hydrogen-bond acceptors (Lipinski definition) is 4. The highest BCUT2D eigenvalue weighted by atomic mass is 19.1. The van der Waals surface area contributed by atoms with Crippen LogP contribution < -0.4 is 10.9 Å². The number of halogens is 1. The summed E-state index contributed by atoms with van der Waals surface area (Å²) in [5, 5.41) is 2.88. The van der Waals surface area contributed by atoms with Crippen molar-refractivity contribution in [3.05, 3.63) is 70.8 Å². The standard InChI is InChI=1S/C16H13FN4O2/c17-11-4-5-13-12(9-11)16(23)21(10-20-13)8-7-19-15(22)14-3-1-2-6-18-14/h1-6,9-10H,7-8H2,(H,19,22). The number of amides is 1. The highest BCUT2D eigenvalue weighted by molar-refractivity contribution is 5.92. The maximum Gasteiger partial charge on any atom is 0.269 e. The molecule has 1 N–H and O–H groups in total. The predicted octanol–water partition coefficient (Wildman–Crippen LogP) is 1.36. The zero-order valence-electron chi connectivity index (χ0n) is 12.1. The molecular weight excluding hydrogens is 299 g/mol. The highest BCUT2D eigenvalue weighted by Gasteiger charge is 2.07. The first kappa shape index (κ1) is 14.8. The molecule has 7 heteroatoms. The van der Waals surface area contributed by atoms with E-state index in [0.717, 1.165) is 6.07 Å². The lowest BCUT2D eigenvalue weighted by Crippen LogP contribution is -2.31. The normalized spacial score (nSPS) is 10.7. The molecule has 6 nitrogen and oxygen atoms in total. The topological polar surface area (TPSA) is 76.9 Å². The number of aromatic nitrogens is 3. The van der Waals surface area contributed by atoms with E-state index in [9.17, 15) is 14.0 Å². The number of pyridine rings is 1. The Morgan fingerprint density at radius 3 is 2.87 bits per heavy atom. The van der Waals surface area contributed by atoms with Gasteiger partial charge in [0.1, 0.15) is 11.5 Å². The smallest absolute Gasteiger partial charge is 0.269 e. The minimum atomic E-state index is -0.488. The van der Waals surface area contributed by atoms with Gasteiger partial charge in [-0.1, -0.05) is 6.07 Å². The predicted molar refractivity (Wildman–Crippen MR) is 82.5 cm³/mol. The summed E-state index contributed by atoms with van der Waals surface area (Å²) >= 11 is 0. The van der Waals surface area contributed by atoms with Gasteiger partial charge in [0.2, 0.25) is 0 Å².